The Bertz CT molecular complexity index is 3010. The Balaban J connectivity index is 1.15. The van der Waals surface area contributed by atoms with Crippen molar-refractivity contribution in [3.63, 3.8) is 0 Å². The lowest BCUT2D eigenvalue weighted by Crippen LogP contribution is -2.36. The average Bonchev–Trinajstić information content (AvgIpc) is 3.84. The number of nitrogens with zero attached hydrogens (tertiary/aromatic N) is 6. The van der Waals surface area contributed by atoms with Crippen LogP contribution in [0.4, 0.5) is 0 Å². The second-order valence-electron chi connectivity index (χ2n) is 12.7. The van der Waals surface area contributed by atoms with Gasteiger partial charge in [-0.05, 0) is 36.4 Å². The van der Waals surface area contributed by atoms with Crippen LogP contribution >= 0.6 is 11.3 Å². The molecular formula is C43H27N7S. The number of hydrogen-bond acceptors (Lipinski definition) is 6. The zero-order valence-corrected chi connectivity index (χ0v) is 27.9. The van der Waals surface area contributed by atoms with Gasteiger partial charge in [-0.25, -0.2) is 20.0 Å². The minimum Gasteiger partial charge on any atom is -0.324 e. The third-order valence-electron chi connectivity index (χ3n) is 9.81. The largest absolute Gasteiger partial charge is 0.324 e. The van der Waals surface area contributed by atoms with E-state index in [4.69, 9.17) is 20.0 Å². The summed E-state index contributed by atoms with van der Waals surface area (Å²) >= 11 is 1.69. The highest BCUT2D eigenvalue weighted by atomic mass is 32.1. The zero-order valence-electron chi connectivity index (χ0n) is 27.1. The van der Waals surface area contributed by atoms with Gasteiger partial charge in [-0.15, -0.1) is 11.3 Å². The lowest BCUT2D eigenvalue weighted by molar-refractivity contribution is 0.575. The molecule has 5 heterocycles. The van der Waals surface area contributed by atoms with Crippen LogP contribution in [0.5, 0.6) is 0 Å². The van der Waals surface area contributed by atoms with E-state index in [2.05, 4.69) is 130 Å². The summed E-state index contributed by atoms with van der Waals surface area (Å²) in [6, 6.07) is 52.6. The first kappa shape index (κ1) is 28.2. The molecule has 6 aromatic carbocycles. The van der Waals surface area contributed by atoms with Crippen LogP contribution in [0.2, 0.25) is 0 Å². The third kappa shape index (κ3) is 4.30. The van der Waals surface area contributed by atoms with Crippen molar-refractivity contribution in [2.45, 2.75) is 6.29 Å². The summed E-state index contributed by atoms with van der Waals surface area (Å²) in [7, 11) is 0. The summed E-state index contributed by atoms with van der Waals surface area (Å²) in [5.74, 6) is 1.57. The van der Waals surface area contributed by atoms with Crippen LogP contribution in [-0.2, 0) is 0 Å². The van der Waals surface area contributed by atoms with Gasteiger partial charge in [0, 0.05) is 43.1 Å². The molecular weight excluding hydrogens is 647 g/mol. The van der Waals surface area contributed by atoms with Crippen molar-refractivity contribution >= 4 is 87.3 Å². The molecule has 0 aliphatic carbocycles. The molecule has 1 aliphatic rings. The van der Waals surface area contributed by atoms with Crippen molar-refractivity contribution in [2.24, 2.45) is 9.98 Å². The van der Waals surface area contributed by atoms with E-state index in [1.807, 2.05) is 36.4 Å². The van der Waals surface area contributed by atoms with Gasteiger partial charge in [0.15, 0.2) is 5.65 Å². The monoisotopic (exact) mass is 673 g/mol. The number of rotatable bonds is 4. The van der Waals surface area contributed by atoms with Crippen LogP contribution < -0.4 is 5.32 Å². The summed E-state index contributed by atoms with van der Waals surface area (Å²) in [5, 5.41) is 8.02. The highest BCUT2D eigenvalue weighted by molar-refractivity contribution is 7.25. The number of thiophene rings is 1. The minimum absolute atomic E-state index is 0.523. The fraction of sp³-hybridized carbons (Fsp3) is 0.0233. The average molecular weight is 674 g/mol. The normalized spacial score (nSPS) is 13.8. The maximum absolute atomic E-state index is 5.30. The number of hydrogen-bond donors (Lipinski definition) is 1. The maximum Gasteiger partial charge on any atom is 0.224 e. The number of fused-ring (bicyclic) bond motifs is 9. The Morgan fingerprint density at radius 2 is 1.12 bits per heavy atom. The van der Waals surface area contributed by atoms with Gasteiger partial charge in [-0.3, -0.25) is 9.13 Å². The first-order chi connectivity index (χ1) is 25.3. The molecule has 8 heteroatoms. The third-order valence-corrected chi connectivity index (χ3v) is 10.9. The van der Waals surface area contributed by atoms with E-state index in [0.29, 0.717) is 0 Å². The molecule has 240 valence electrons. The number of amidine groups is 2. The summed E-state index contributed by atoms with van der Waals surface area (Å²) in [4.78, 5) is 22.0. The maximum atomic E-state index is 5.30. The van der Waals surface area contributed by atoms with Crippen molar-refractivity contribution in [2.75, 3.05) is 0 Å². The van der Waals surface area contributed by atoms with Gasteiger partial charge < -0.3 is 5.32 Å². The van der Waals surface area contributed by atoms with Crippen LogP contribution in [0, 0.1) is 0 Å². The van der Waals surface area contributed by atoms with Crippen LogP contribution in [0.25, 0.3) is 70.0 Å². The first-order valence-electron chi connectivity index (χ1n) is 16.9. The van der Waals surface area contributed by atoms with Gasteiger partial charge in [0.25, 0.3) is 0 Å². The second-order valence-corrected chi connectivity index (χ2v) is 13.8. The van der Waals surface area contributed by atoms with Crippen molar-refractivity contribution < 1.29 is 0 Å². The molecule has 0 unspecified atom stereocenters. The Morgan fingerprint density at radius 1 is 0.510 bits per heavy atom. The van der Waals surface area contributed by atoms with Crippen molar-refractivity contribution in [1.82, 2.24) is 24.4 Å². The molecule has 0 spiro atoms. The molecule has 1 N–H and O–H groups in total. The molecule has 0 radical (unpaired) electrons. The van der Waals surface area contributed by atoms with Crippen molar-refractivity contribution in [1.29, 1.82) is 0 Å². The van der Waals surface area contributed by atoms with Crippen molar-refractivity contribution in [3.05, 3.63) is 163 Å². The quantitative estimate of drug-likeness (QED) is 0.202. The standard InChI is InChI=1S/C43H27N7S/c1-3-13-26(14-4-1)39-45-40(27-15-5-2-6-16-27)47-43(46-39)50-33-20-10-7-17-29(33)32-25-28(23-24-35(32)50)49-34-21-11-8-18-30(34)37-41(49)48-42-38(44-37)31-19-9-12-22-36(31)51-42/h1-25,43H,(H,45,46,47). The lowest BCUT2D eigenvalue weighted by atomic mass is 10.1. The van der Waals surface area contributed by atoms with Gasteiger partial charge in [0.1, 0.15) is 27.5 Å². The van der Waals surface area contributed by atoms with Crippen LogP contribution in [0.15, 0.2) is 162 Å². The first-order valence-corrected chi connectivity index (χ1v) is 17.8. The number of para-hydroxylation sites is 2. The number of aliphatic imine (C=N–C) groups is 2. The highest BCUT2D eigenvalue weighted by Gasteiger charge is 2.25. The minimum atomic E-state index is -0.523. The van der Waals surface area contributed by atoms with Crippen LogP contribution in [0.1, 0.15) is 17.4 Å². The number of aromatic nitrogens is 4. The molecule has 10 aromatic rings. The van der Waals surface area contributed by atoms with Crippen LogP contribution in [-0.4, -0.2) is 30.8 Å². The molecule has 7 nitrogen and oxygen atoms in total. The molecule has 4 aromatic heterocycles. The fourth-order valence-corrected chi connectivity index (χ4v) is 8.52. The SMILES string of the molecule is c1ccc(C2=NC(n3c4ccccc4c4cc(-n5c6ccccc6c6nc7c(nc65)sc5ccccc57)ccc43)N=C(c3ccccc3)N2)cc1. The molecule has 51 heavy (non-hydrogen) atoms. The summed E-state index contributed by atoms with van der Waals surface area (Å²) in [6.45, 7) is 0. The van der Waals surface area contributed by atoms with E-state index in [1.54, 1.807) is 11.3 Å². The number of nitrogens with one attached hydrogen (secondary N) is 1. The molecule has 11 rings (SSSR count). The highest BCUT2D eigenvalue weighted by Crippen LogP contribution is 2.39. The van der Waals surface area contributed by atoms with E-state index in [9.17, 15) is 0 Å². The molecule has 0 fully saturated rings. The van der Waals surface area contributed by atoms with E-state index in [-0.39, 0.29) is 0 Å². The molecule has 0 amide bonds. The summed E-state index contributed by atoms with van der Waals surface area (Å²) in [5.41, 5.74) is 8.95. The molecule has 0 bridgehead atoms. The smallest absolute Gasteiger partial charge is 0.224 e. The van der Waals surface area contributed by atoms with Crippen LogP contribution in [0.3, 0.4) is 0 Å². The Kier molecular flexibility index (Phi) is 6.05. The Hall–Kier alpha value is -6.64. The predicted octanol–water partition coefficient (Wildman–Crippen LogP) is 10.0. The van der Waals surface area contributed by atoms with Gasteiger partial charge in [-0.2, -0.15) is 0 Å². The van der Waals surface area contributed by atoms with Crippen molar-refractivity contribution in [3.8, 4) is 5.69 Å². The van der Waals surface area contributed by atoms with Gasteiger partial charge in [0.2, 0.25) is 6.29 Å². The van der Waals surface area contributed by atoms with Gasteiger partial charge in [-0.1, -0.05) is 115 Å². The molecule has 0 saturated carbocycles. The van der Waals surface area contributed by atoms with Gasteiger partial charge >= 0.3 is 0 Å². The number of benzene rings is 6. The summed E-state index contributed by atoms with van der Waals surface area (Å²) < 4.78 is 5.71. The Morgan fingerprint density at radius 3 is 1.86 bits per heavy atom. The lowest BCUT2D eigenvalue weighted by Gasteiger charge is -2.24. The fourth-order valence-electron chi connectivity index (χ4n) is 7.51. The molecule has 0 atom stereocenters. The zero-order chi connectivity index (χ0) is 33.5. The Labute approximate surface area is 295 Å². The topological polar surface area (TPSA) is 72.4 Å². The van der Waals surface area contributed by atoms with E-state index in [0.717, 1.165) is 88.1 Å². The molecule has 1 aliphatic heterocycles. The van der Waals surface area contributed by atoms with E-state index >= 15 is 0 Å². The second kappa shape index (κ2) is 10.9. The predicted molar refractivity (Wildman–Crippen MR) is 210 cm³/mol. The molecule has 0 saturated heterocycles. The summed E-state index contributed by atoms with van der Waals surface area (Å²) in [6.07, 6.45) is -0.523. The van der Waals surface area contributed by atoms with Gasteiger partial charge in [0.05, 0.1) is 16.6 Å². The van der Waals surface area contributed by atoms with E-state index in [1.165, 1.54) is 4.70 Å². The van der Waals surface area contributed by atoms with E-state index < -0.39 is 6.29 Å².